The van der Waals surface area contributed by atoms with E-state index in [2.05, 4.69) is 21.0 Å². The molecule has 0 radical (unpaired) electrons. The topological polar surface area (TPSA) is 96.7 Å². The molecule has 4 rings (SSSR count). The molecule has 4 aromatic heterocycles. The Morgan fingerprint density at radius 3 is 3.07 bits per heavy atom. The average molecular weight is 364 g/mol. The highest BCUT2D eigenvalue weighted by atomic mass is 16.3. The fourth-order valence-electron chi connectivity index (χ4n) is 3.31. The third kappa shape index (κ3) is 3.01. The molecule has 0 saturated heterocycles. The van der Waals surface area contributed by atoms with Gasteiger partial charge in [0.15, 0.2) is 5.76 Å². The molecule has 4 aromatic rings. The van der Waals surface area contributed by atoms with Crippen LogP contribution < -0.4 is 5.69 Å². The second kappa shape index (κ2) is 6.75. The number of aromatic nitrogens is 4. The Kier molecular flexibility index (Phi) is 4.27. The Labute approximate surface area is 154 Å². The van der Waals surface area contributed by atoms with Crippen LogP contribution in [0.1, 0.15) is 35.2 Å². The fourth-order valence-corrected chi connectivity index (χ4v) is 3.31. The number of carbonyl (C=O) groups is 1. The van der Waals surface area contributed by atoms with Gasteiger partial charge in [-0.2, -0.15) is 0 Å². The van der Waals surface area contributed by atoms with Crippen LogP contribution in [0.25, 0.3) is 22.1 Å². The number of imidazole rings is 1. The lowest BCUT2D eigenvalue weighted by Crippen LogP contribution is -2.21. The number of ketones is 1. The number of furan rings is 1. The van der Waals surface area contributed by atoms with Crippen molar-refractivity contribution in [3.05, 3.63) is 64.2 Å². The molecule has 0 spiro atoms. The third-order valence-electron chi connectivity index (χ3n) is 4.75. The molecule has 0 aliphatic carbocycles. The number of pyridine rings is 1. The molecule has 0 saturated carbocycles. The van der Waals surface area contributed by atoms with Gasteiger partial charge in [-0.3, -0.25) is 9.36 Å². The van der Waals surface area contributed by atoms with E-state index < -0.39 is 0 Å². The van der Waals surface area contributed by atoms with Crippen molar-refractivity contribution in [3.8, 4) is 0 Å². The van der Waals surface area contributed by atoms with Gasteiger partial charge in [-0.05, 0) is 44.4 Å². The SMILES string of the molecule is C/C=C\CCc1cc(C(=O)Cn2c(=O)[nH]c3c4cc[nH]c4ncc32)oc1C. The number of Topliss-reactive ketones (excluding diaryl/α,β-unsaturated/α-hetero) is 1. The second-order valence-electron chi connectivity index (χ2n) is 6.50. The van der Waals surface area contributed by atoms with Crippen LogP contribution in [0.15, 0.2) is 45.9 Å². The summed E-state index contributed by atoms with van der Waals surface area (Å²) >= 11 is 0. The monoisotopic (exact) mass is 364 g/mol. The van der Waals surface area contributed by atoms with E-state index in [1.807, 2.05) is 26.0 Å². The average Bonchev–Trinajstić information content (AvgIpc) is 3.34. The first-order valence-corrected chi connectivity index (χ1v) is 8.86. The Morgan fingerprint density at radius 1 is 1.41 bits per heavy atom. The highest BCUT2D eigenvalue weighted by molar-refractivity contribution is 6.01. The molecule has 2 N–H and O–H groups in total. The van der Waals surface area contributed by atoms with Gasteiger partial charge < -0.3 is 14.4 Å². The number of hydrogen-bond acceptors (Lipinski definition) is 4. The lowest BCUT2D eigenvalue weighted by atomic mass is 10.1. The standard InChI is InChI=1S/C20H20N4O3/c1-3-4-5-6-13-9-17(27-12(13)2)16(25)11-24-15-10-22-19-14(7-8-21-19)18(15)23-20(24)26/h3-4,7-10H,5-6,11H2,1-2H3,(H,21,22)(H,23,26)/b4-3-. The van der Waals surface area contributed by atoms with Gasteiger partial charge >= 0.3 is 5.69 Å². The van der Waals surface area contributed by atoms with Gasteiger partial charge in [0.1, 0.15) is 11.4 Å². The number of hydrogen-bond donors (Lipinski definition) is 2. The zero-order chi connectivity index (χ0) is 19.0. The number of aromatic amines is 2. The number of aryl methyl sites for hydroxylation is 2. The van der Waals surface area contributed by atoms with Crippen molar-refractivity contribution < 1.29 is 9.21 Å². The van der Waals surface area contributed by atoms with Gasteiger partial charge in [0.25, 0.3) is 0 Å². The van der Waals surface area contributed by atoms with Crippen LogP contribution in [-0.4, -0.2) is 25.3 Å². The largest absolute Gasteiger partial charge is 0.458 e. The summed E-state index contributed by atoms with van der Waals surface area (Å²) in [5.74, 6) is 0.775. The highest BCUT2D eigenvalue weighted by Crippen LogP contribution is 2.21. The van der Waals surface area contributed by atoms with Crippen molar-refractivity contribution >= 4 is 27.9 Å². The third-order valence-corrected chi connectivity index (χ3v) is 4.75. The van der Waals surface area contributed by atoms with Crippen molar-refractivity contribution in [1.29, 1.82) is 0 Å². The molecule has 27 heavy (non-hydrogen) atoms. The van der Waals surface area contributed by atoms with Crippen LogP contribution in [0.3, 0.4) is 0 Å². The summed E-state index contributed by atoms with van der Waals surface area (Å²) < 4.78 is 7.04. The molecule has 7 nitrogen and oxygen atoms in total. The van der Waals surface area contributed by atoms with E-state index in [-0.39, 0.29) is 23.8 Å². The van der Waals surface area contributed by atoms with E-state index in [9.17, 15) is 9.59 Å². The first-order valence-electron chi connectivity index (χ1n) is 8.86. The first-order chi connectivity index (χ1) is 13.1. The molecule has 0 aliphatic rings. The van der Waals surface area contributed by atoms with Crippen molar-refractivity contribution in [2.45, 2.75) is 33.2 Å². The van der Waals surface area contributed by atoms with Crippen molar-refractivity contribution in [2.24, 2.45) is 0 Å². The molecule has 0 atom stereocenters. The summed E-state index contributed by atoms with van der Waals surface area (Å²) in [4.78, 5) is 35.2. The van der Waals surface area contributed by atoms with E-state index in [4.69, 9.17) is 4.42 Å². The maximum absolute atomic E-state index is 12.7. The van der Waals surface area contributed by atoms with Crippen LogP contribution in [0.5, 0.6) is 0 Å². The Bertz CT molecular complexity index is 1220. The predicted molar refractivity (Wildman–Crippen MR) is 103 cm³/mol. The van der Waals surface area contributed by atoms with Crippen LogP contribution in [0.2, 0.25) is 0 Å². The fraction of sp³-hybridized carbons (Fsp3) is 0.250. The van der Waals surface area contributed by atoms with E-state index in [0.717, 1.165) is 29.6 Å². The van der Waals surface area contributed by atoms with Crippen LogP contribution in [0, 0.1) is 6.92 Å². The predicted octanol–water partition coefficient (Wildman–Crippen LogP) is 3.50. The van der Waals surface area contributed by atoms with Crippen molar-refractivity contribution in [3.63, 3.8) is 0 Å². The van der Waals surface area contributed by atoms with Gasteiger partial charge in [0, 0.05) is 11.6 Å². The van der Waals surface area contributed by atoms with Gasteiger partial charge in [0.05, 0.1) is 23.8 Å². The zero-order valence-electron chi connectivity index (χ0n) is 15.2. The minimum absolute atomic E-state index is 0.0995. The van der Waals surface area contributed by atoms with Gasteiger partial charge in [-0.25, -0.2) is 9.78 Å². The molecule has 0 amide bonds. The van der Waals surface area contributed by atoms with E-state index in [1.54, 1.807) is 18.5 Å². The minimum atomic E-state index is -0.342. The molecule has 4 heterocycles. The Balaban J connectivity index is 1.64. The maximum atomic E-state index is 12.7. The van der Waals surface area contributed by atoms with Crippen molar-refractivity contribution in [1.82, 2.24) is 19.5 Å². The number of H-pyrrole nitrogens is 2. The summed E-state index contributed by atoms with van der Waals surface area (Å²) in [7, 11) is 0. The van der Waals surface area contributed by atoms with Crippen LogP contribution in [0.4, 0.5) is 0 Å². The number of nitrogens with one attached hydrogen (secondary N) is 2. The Hall–Kier alpha value is -3.35. The second-order valence-corrected chi connectivity index (χ2v) is 6.50. The molecular formula is C20H20N4O3. The zero-order valence-corrected chi connectivity index (χ0v) is 15.2. The summed E-state index contributed by atoms with van der Waals surface area (Å²) in [6.45, 7) is 3.73. The van der Waals surface area contributed by atoms with Gasteiger partial charge in [-0.15, -0.1) is 0 Å². The van der Waals surface area contributed by atoms with Gasteiger partial charge in [0.2, 0.25) is 5.78 Å². The van der Waals surface area contributed by atoms with Crippen LogP contribution in [-0.2, 0) is 13.0 Å². The minimum Gasteiger partial charge on any atom is -0.458 e. The summed E-state index contributed by atoms with van der Waals surface area (Å²) in [5.41, 5.74) is 2.62. The summed E-state index contributed by atoms with van der Waals surface area (Å²) in [6, 6.07) is 3.63. The smallest absolute Gasteiger partial charge is 0.326 e. The quantitative estimate of drug-likeness (QED) is 0.404. The van der Waals surface area contributed by atoms with E-state index in [1.165, 1.54) is 4.57 Å². The molecular weight excluding hydrogens is 344 g/mol. The summed E-state index contributed by atoms with van der Waals surface area (Å²) in [5, 5.41) is 0.816. The molecule has 7 heteroatoms. The first kappa shape index (κ1) is 17.1. The molecule has 0 bridgehead atoms. The van der Waals surface area contributed by atoms with Crippen molar-refractivity contribution in [2.75, 3.05) is 0 Å². The molecule has 0 unspecified atom stereocenters. The highest BCUT2D eigenvalue weighted by Gasteiger charge is 2.18. The lowest BCUT2D eigenvalue weighted by molar-refractivity contribution is 0.0944. The van der Waals surface area contributed by atoms with E-state index in [0.29, 0.717) is 16.7 Å². The normalized spacial score (nSPS) is 11.9. The van der Waals surface area contributed by atoms with Gasteiger partial charge in [-0.1, -0.05) is 12.2 Å². The molecule has 0 fully saturated rings. The lowest BCUT2D eigenvalue weighted by Gasteiger charge is -2.01. The maximum Gasteiger partial charge on any atom is 0.326 e. The molecule has 138 valence electrons. The number of carbonyl (C=O) groups excluding carboxylic acids is 1. The Morgan fingerprint density at radius 2 is 2.26 bits per heavy atom. The van der Waals surface area contributed by atoms with E-state index >= 15 is 0 Å². The number of allylic oxidation sites excluding steroid dienone is 2. The molecule has 0 aliphatic heterocycles. The summed E-state index contributed by atoms with van der Waals surface area (Å²) in [6.07, 6.45) is 9.14. The molecule has 0 aromatic carbocycles. The number of nitrogens with zero attached hydrogens (tertiary/aromatic N) is 2. The number of fused-ring (bicyclic) bond motifs is 3. The number of rotatable bonds is 6. The van der Waals surface area contributed by atoms with Crippen LogP contribution >= 0.6 is 0 Å².